The molecule has 0 aliphatic carbocycles. The van der Waals surface area contributed by atoms with E-state index in [-0.39, 0.29) is 25.1 Å². The van der Waals surface area contributed by atoms with E-state index in [1.807, 2.05) is 18.2 Å². The van der Waals surface area contributed by atoms with Gasteiger partial charge in [0.05, 0.1) is 19.3 Å². The van der Waals surface area contributed by atoms with Gasteiger partial charge in [0.15, 0.2) is 6.61 Å². The number of para-hydroxylation sites is 1. The van der Waals surface area contributed by atoms with Crippen molar-refractivity contribution in [1.29, 1.82) is 0 Å². The molecule has 1 fully saturated rings. The number of nitrogens with one attached hydrogen (secondary N) is 2. The first-order chi connectivity index (χ1) is 15.5. The number of aliphatic hydroxyl groups is 1. The van der Waals surface area contributed by atoms with Crippen molar-refractivity contribution in [2.45, 2.75) is 25.0 Å². The summed E-state index contributed by atoms with van der Waals surface area (Å²) in [7, 11) is 1.27. The Morgan fingerprint density at radius 1 is 1.09 bits per heavy atom. The summed E-state index contributed by atoms with van der Waals surface area (Å²) < 4.78 is 9.78. The van der Waals surface area contributed by atoms with Gasteiger partial charge in [-0.25, -0.2) is 9.59 Å². The van der Waals surface area contributed by atoms with Crippen LogP contribution in [0.1, 0.15) is 23.2 Å². The van der Waals surface area contributed by atoms with E-state index in [4.69, 9.17) is 4.74 Å². The number of esters is 1. The van der Waals surface area contributed by atoms with Gasteiger partial charge in [0.25, 0.3) is 5.91 Å². The molecule has 9 heteroatoms. The monoisotopic (exact) mass is 441 g/mol. The number of hydrogen-bond donors (Lipinski definition) is 3. The first kappa shape index (κ1) is 23.1. The zero-order valence-corrected chi connectivity index (χ0v) is 17.8. The molecule has 2 aromatic carbocycles. The van der Waals surface area contributed by atoms with Crippen molar-refractivity contribution in [1.82, 2.24) is 10.2 Å². The van der Waals surface area contributed by atoms with Gasteiger partial charge in [-0.1, -0.05) is 18.2 Å². The number of amides is 3. The molecule has 32 heavy (non-hydrogen) atoms. The molecule has 0 aromatic heterocycles. The fourth-order valence-electron chi connectivity index (χ4n) is 3.35. The Bertz CT molecular complexity index is 919. The number of methoxy groups -OCH3 is 1. The van der Waals surface area contributed by atoms with Crippen molar-refractivity contribution in [3.8, 4) is 5.75 Å². The van der Waals surface area contributed by atoms with E-state index in [1.54, 1.807) is 41.3 Å². The summed E-state index contributed by atoms with van der Waals surface area (Å²) >= 11 is 0. The second kappa shape index (κ2) is 11.1. The molecule has 3 rings (SSSR count). The van der Waals surface area contributed by atoms with Gasteiger partial charge in [0.1, 0.15) is 5.75 Å². The second-order valence-electron chi connectivity index (χ2n) is 7.42. The summed E-state index contributed by atoms with van der Waals surface area (Å²) in [6.45, 7) is 0.442. The third-order valence-corrected chi connectivity index (χ3v) is 5.14. The minimum Gasteiger partial charge on any atom is -0.482 e. The van der Waals surface area contributed by atoms with Gasteiger partial charge in [-0.05, 0) is 49.2 Å². The lowest BCUT2D eigenvalue weighted by atomic mass is 10.1. The lowest BCUT2D eigenvalue weighted by Crippen LogP contribution is -2.50. The van der Waals surface area contributed by atoms with Gasteiger partial charge in [-0.3, -0.25) is 4.79 Å². The van der Waals surface area contributed by atoms with E-state index in [0.717, 1.165) is 0 Å². The summed E-state index contributed by atoms with van der Waals surface area (Å²) in [5.41, 5.74) is 1.05. The number of likely N-dealkylation sites (tertiary alicyclic amines) is 1. The van der Waals surface area contributed by atoms with Gasteiger partial charge >= 0.3 is 12.0 Å². The molecule has 1 saturated heterocycles. The Labute approximate surface area is 186 Å². The van der Waals surface area contributed by atoms with Crippen molar-refractivity contribution >= 4 is 23.6 Å². The number of rotatable bonds is 6. The van der Waals surface area contributed by atoms with Crippen LogP contribution in [0.15, 0.2) is 54.6 Å². The normalized spacial score (nSPS) is 18.2. The highest BCUT2D eigenvalue weighted by molar-refractivity contribution is 5.94. The topological polar surface area (TPSA) is 117 Å². The van der Waals surface area contributed by atoms with Gasteiger partial charge < -0.3 is 30.1 Å². The highest BCUT2D eigenvalue weighted by Crippen LogP contribution is 2.16. The van der Waals surface area contributed by atoms with Crippen molar-refractivity contribution in [2.75, 3.05) is 32.1 Å². The zero-order chi connectivity index (χ0) is 22.9. The Morgan fingerprint density at radius 2 is 1.81 bits per heavy atom. The predicted molar refractivity (Wildman–Crippen MR) is 117 cm³/mol. The largest absolute Gasteiger partial charge is 0.482 e. The molecule has 2 atom stereocenters. The molecular weight excluding hydrogens is 414 g/mol. The number of ether oxygens (including phenoxy) is 2. The molecular formula is C23H27N3O6. The third-order valence-electron chi connectivity index (χ3n) is 5.14. The molecule has 0 unspecified atom stereocenters. The van der Waals surface area contributed by atoms with Crippen LogP contribution in [0.2, 0.25) is 0 Å². The van der Waals surface area contributed by atoms with Crippen LogP contribution in [0.5, 0.6) is 5.75 Å². The Kier molecular flexibility index (Phi) is 8.04. The summed E-state index contributed by atoms with van der Waals surface area (Å²) in [6, 6.07) is 14.5. The van der Waals surface area contributed by atoms with E-state index >= 15 is 0 Å². The van der Waals surface area contributed by atoms with Crippen LogP contribution in [0.3, 0.4) is 0 Å². The number of urea groups is 1. The van der Waals surface area contributed by atoms with Crippen LogP contribution in [-0.4, -0.2) is 66.9 Å². The van der Waals surface area contributed by atoms with E-state index in [1.165, 1.54) is 7.11 Å². The fraction of sp³-hybridized carbons (Fsp3) is 0.348. The third kappa shape index (κ3) is 6.45. The smallest absolute Gasteiger partial charge is 0.343 e. The average Bonchev–Trinajstić information content (AvgIpc) is 2.99. The quantitative estimate of drug-likeness (QED) is 0.591. The maximum absolute atomic E-state index is 12.7. The Balaban J connectivity index is 1.59. The van der Waals surface area contributed by atoms with Gasteiger partial charge in [0, 0.05) is 24.3 Å². The van der Waals surface area contributed by atoms with Crippen LogP contribution < -0.4 is 15.4 Å². The van der Waals surface area contributed by atoms with Gasteiger partial charge in [-0.15, -0.1) is 0 Å². The highest BCUT2D eigenvalue weighted by atomic mass is 16.6. The standard InChI is InChI=1S/C23H27N3O6/c1-31-21(28)15-32-18-11-9-16(10-12-18)22(29)25-19-14-26(13-5-8-20(19)27)23(30)24-17-6-3-2-4-7-17/h2-4,6-7,9-12,19-20,27H,5,8,13-15H2,1H3,(H,24,30)(H,25,29)/t19-,20+/m0/s1. The molecule has 3 N–H and O–H groups in total. The van der Waals surface area contributed by atoms with Gasteiger partial charge in [0.2, 0.25) is 0 Å². The van der Waals surface area contributed by atoms with E-state index < -0.39 is 18.1 Å². The SMILES string of the molecule is COC(=O)COc1ccc(C(=O)N[C@H]2CN(C(=O)Nc3ccccc3)CCC[C@H]2O)cc1. The molecule has 1 aliphatic heterocycles. The number of carbonyl (C=O) groups is 3. The maximum Gasteiger partial charge on any atom is 0.343 e. The first-order valence-electron chi connectivity index (χ1n) is 10.4. The molecule has 0 radical (unpaired) electrons. The second-order valence-corrected chi connectivity index (χ2v) is 7.42. The molecule has 0 saturated carbocycles. The average molecular weight is 441 g/mol. The lowest BCUT2D eigenvalue weighted by molar-refractivity contribution is -0.142. The Morgan fingerprint density at radius 3 is 2.50 bits per heavy atom. The minimum atomic E-state index is -0.767. The summed E-state index contributed by atoms with van der Waals surface area (Å²) in [5.74, 6) is -0.459. The summed E-state index contributed by atoms with van der Waals surface area (Å²) in [4.78, 5) is 38.1. The molecule has 2 aromatic rings. The van der Waals surface area contributed by atoms with Crippen LogP contribution in [-0.2, 0) is 9.53 Å². The number of carbonyl (C=O) groups excluding carboxylic acids is 3. The van der Waals surface area contributed by atoms with E-state index in [0.29, 0.717) is 36.4 Å². The summed E-state index contributed by atoms with van der Waals surface area (Å²) in [5, 5.41) is 16.1. The predicted octanol–water partition coefficient (Wildman–Crippen LogP) is 2.03. The molecule has 9 nitrogen and oxygen atoms in total. The van der Waals surface area contributed by atoms with Crippen LogP contribution in [0.4, 0.5) is 10.5 Å². The number of hydrogen-bond acceptors (Lipinski definition) is 6. The molecule has 3 amide bonds. The van der Waals surface area contributed by atoms with Crippen molar-refractivity contribution in [3.63, 3.8) is 0 Å². The minimum absolute atomic E-state index is 0.186. The molecule has 1 aliphatic rings. The number of anilines is 1. The van der Waals surface area contributed by atoms with Crippen LogP contribution in [0, 0.1) is 0 Å². The molecule has 0 bridgehead atoms. The van der Waals surface area contributed by atoms with Crippen molar-refractivity contribution in [3.05, 3.63) is 60.2 Å². The number of aliphatic hydroxyl groups excluding tert-OH is 1. The van der Waals surface area contributed by atoms with Gasteiger partial charge in [-0.2, -0.15) is 0 Å². The van der Waals surface area contributed by atoms with Crippen molar-refractivity contribution < 1.29 is 29.0 Å². The van der Waals surface area contributed by atoms with Crippen LogP contribution in [0.25, 0.3) is 0 Å². The first-order valence-corrected chi connectivity index (χ1v) is 10.4. The lowest BCUT2D eigenvalue weighted by Gasteiger charge is -2.27. The molecule has 170 valence electrons. The highest BCUT2D eigenvalue weighted by Gasteiger charge is 2.29. The number of nitrogens with zero attached hydrogens (tertiary/aromatic N) is 1. The fourth-order valence-corrected chi connectivity index (χ4v) is 3.35. The molecule has 1 heterocycles. The number of benzene rings is 2. The van der Waals surface area contributed by atoms with Crippen LogP contribution >= 0.6 is 0 Å². The Hall–Kier alpha value is -3.59. The van der Waals surface area contributed by atoms with Crippen molar-refractivity contribution in [2.24, 2.45) is 0 Å². The molecule has 0 spiro atoms. The maximum atomic E-state index is 12.7. The zero-order valence-electron chi connectivity index (χ0n) is 17.8. The van der Waals surface area contributed by atoms with E-state index in [9.17, 15) is 19.5 Å². The van der Waals surface area contributed by atoms with E-state index in [2.05, 4.69) is 15.4 Å². The summed E-state index contributed by atoms with van der Waals surface area (Å²) in [6.07, 6.45) is 0.332.